The Morgan fingerprint density at radius 2 is 2.09 bits per heavy atom. The van der Waals surface area contributed by atoms with Crippen LogP contribution in [0, 0.1) is 5.92 Å². The maximum atomic E-state index is 13.0. The van der Waals surface area contributed by atoms with Gasteiger partial charge in [0.2, 0.25) is 0 Å². The second-order valence-corrected chi connectivity index (χ2v) is 7.39. The van der Waals surface area contributed by atoms with Crippen LogP contribution in [0.25, 0.3) is 10.6 Å². The maximum absolute atomic E-state index is 13.0. The molecule has 2 atom stereocenters. The minimum Gasteiger partial charge on any atom is -0.334 e. The summed E-state index contributed by atoms with van der Waals surface area (Å²) in [5.74, 6) is 0.825. The van der Waals surface area contributed by atoms with Crippen LogP contribution in [0.15, 0.2) is 29.9 Å². The van der Waals surface area contributed by atoms with Crippen molar-refractivity contribution in [2.24, 2.45) is 5.92 Å². The third kappa shape index (κ3) is 2.90. The molecule has 0 N–H and O–H groups in total. The number of aromatic nitrogens is 2. The average molecular weight is 327 g/mol. The van der Waals surface area contributed by atoms with Gasteiger partial charge >= 0.3 is 0 Å². The third-order valence-corrected chi connectivity index (χ3v) is 6.03. The molecule has 1 saturated carbocycles. The molecule has 2 aliphatic rings. The van der Waals surface area contributed by atoms with Gasteiger partial charge in [-0.05, 0) is 43.7 Å². The highest BCUT2D eigenvalue weighted by Crippen LogP contribution is 2.36. The smallest absolute Gasteiger partial charge is 0.273 e. The fraction of sp³-hybridized carbons (Fsp3) is 0.500. The van der Waals surface area contributed by atoms with E-state index in [1.807, 2.05) is 17.5 Å². The highest BCUT2D eigenvalue weighted by Gasteiger charge is 2.36. The van der Waals surface area contributed by atoms with Crippen molar-refractivity contribution >= 4 is 17.2 Å². The summed E-state index contributed by atoms with van der Waals surface area (Å²) in [5.41, 5.74) is 1.57. The Bertz CT molecular complexity index is 683. The SMILES string of the molecule is O=C(c1csc(-c2cccnc2)n1)N1CCC[C@H]2CCCC[C@@H]21. The summed E-state index contributed by atoms with van der Waals surface area (Å²) in [6.45, 7) is 0.889. The lowest BCUT2D eigenvalue weighted by molar-refractivity contribution is 0.0386. The molecule has 2 fully saturated rings. The van der Waals surface area contributed by atoms with E-state index in [2.05, 4.69) is 14.9 Å². The van der Waals surface area contributed by atoms with Gasteiger partial charge in [-0.2, -0.15) is 0 Å². The number of likely N-dealkylation sites (tertiary alicyclic amines) is 1. The van der Waals surface area contributed by atoms with Gasteiger partial charge in [0.15, 0.2) is 0 Å². The molecule has 1 saturated heterocycles. The molecule has 120 valence electrons. The van der Waals surface area contributed by atoms with Crippen molar-refractivity contribution in [1.29, 1.82) is 0 Å². The van der Waals surface area contributed by atoms with Crippen molar-refractivity contribution in [3.8, 4) is 10.6 Å². The molecule has 0 aromatic carbocycles. The standard InChI is InChI=1S/C18H21N3OS/c22-18(21-10-4-7-13-5-1-2-8-16(13)21)15-12-23-17(20-15)14-6-3-9-19-11-14/h3,6,9,11-13,16H,1-2,4-5,7-8,10H2/t13-,16+/m1/s1. The van der Waals surface area contributed by atoms with E-state index in [1.54, 1.807) is 12.4 Å². The summed E-state index contributed by atoms with van der Waals surface area (Å²) in [4.78, 5) is 23.8. The number of carbonyl (C=O) groups excluding carboxylic acids is 1. The first-order valence-electron chi connectivity index (χ1n) is 8.50. The number of pyridine rings is 1. The van der Waals surface area contributed by atoms with E-state index in [-0.39, 0.29) is 5.91 Å². The average Bonchev–Trinajstić information content (AvgIpc) is 3.11. The van der Waals surface area contributed by atoms with Crippen molar-refractivity contribution in [1.82, 2.24) is 14.9 Å². The quantitative estimate of drug-likeness (QED) is 0.837. The number of rotatable bonds is 2. The summed E-state index contributed by atoms with van der Waals surface area (Å²) >= 11 is 1.53. The lowest BCUT2D eigenvalue weighted by atomic mass is 9.78. The molecule has 1 amide bonds. The molecule has 0 unspecified atom stereocenters. The Labute approximate surface area is 140 Å². The van der Waals surface area contributed by atoms with Crippen molar-refractivity contribution in [2.75, 3.05) is 6.54 Å². The lowest BCUT2D eigenvalue weighted by Crippen LogP contribution is -2.49. The van der Waals surface area contributed by atoms with E-state index in [9.17, 15) is 4.79 Å². The molecule has 0 radical (unpaired) electrons. The van der Waals surface area contributed by atoms with Gasteiger partial charge in [0.1, 0.15) is 10.7 Å². The monoisotopic (exact) mass is 327 g/mol. The van der Waals surface area contributed by atoms with Crippen LogP contribution < -0.4 is 0 Å². The zero-order chi connectivity index (χ0) is 15.6. The van der Waals surface area contributed by atoms with E-state index in [4.69, 9.17) is 0 Å². The van der Waals surface area contributed by atoms with Gasteiger partial charge in [-0.25, -0.2) is 4.98 Å². The normalized spacial score (nSPS) is 24.3. The number of piperidine rings is 1. The Kier molecular flexibility index (Phi) is 4.12. The van der Waals surface area contributed by atoms with Crippen LogP contribution in [0.3, 0.4) is 0 Å². The summed E-state index contributed by atoms with van der Waals surface area (Å²) < 4.78 is 0. The molecule has 1 aliphatic heterocycles. The summed E-state index contributed by atoms with van der Waals surface area (Å²) in [6, 6.07) is 4.32. The lowest BCUT2D eigenvalue weighted by Gasteiger charge is -2.43. The number of thiazole rings is 1. The van der Waals surface area contributed by atoms with E-state index >= 15 is 0 Å². The number of hydrogen-bond acceptors (Lipinski definition) is 4. The van der Waals surface area contributed by atoms with Gasteiger partial charge < -0.3 is 4.90 Å². The third-order valence-electron chi connectivity index (χ3n) is 5.14. The predicted molar refractivity (Wildman–Crippen MR) is 91.4 cm³/mol. The first-order chi connectivity index (χ1) is 11.3. The maximum Gasteiger partial charge on any atom is 0.273 e. The van der Waals surface area contributed by atoms with Crippen molar-refractivity contribution in [3.63, 3.8) is 0 Å². The van der Waals surface area contributed by atoms with Crippen LogP contribution in [0.5, 0.6) is 0 Å². The molecule has 2 aromatic heterocycles. The van der Waals surface area contributed by atoms with E-state index < -0.39 is 0 Å². The fourth-order valence-corrected chi connectivity index (χ4v) is 4.80. The van der Waals surface area contributed by atoms with E-state index in [0.717, 1.165) is 30.0 Å². The number of carbonyl (C=O) groups is 1. The molecular weight excluding hydrogens is 306 g/mol. The summed E-state index contributed by atoms with van der Waals surface area (Å²) in [6.07, 6.45) is 11.0. The van der Waals surface area contributed by atoms with Gasteiger partial charge in [0, 0.05) is 35.9 Å². The zero-order valence-electron chi connectivity index (χ0n) is 13.1. The molecule has 2 aromatic rings. The largest absolute Gasteiger partial charge is 0.334 e. The van der Waals surface area contributed by atoms with Crippen LogP contribution in [0.4, 0.5) is 0 Å². The minimum absolute atomic E-state index is 0.119. The topological polar surface area (TPSA) is 46.1 Å². The van der Waals surface area contributed by atoms with Crippen LogP contribution in [0.2, 0.25) is 0 Å². The second-order valence-electron chi connectivity index (χ2n) is 6.53. The van der Waals surface area contributed by atoms with Crippen LogP contribution >= 0.6 is 11.3 Å². The predicted octanol–water partition coefficient (Wildman–Crippen LogP) is 4.00. The van der Waals surface area contributed by atoms with Crippen LogP contribution in [-0.2, 0) is 0 Å². The Morgan fingerprint density at radius 1 is 1.22 bits per heavy atom. The first kappa shape index (κ1) is 14.8. The molecule has 5 heteroatoms. The molecule has 23 heavy (non-hydrogen) atoms. The molecule has 0 spiro atoms. The Balaban J connectivity index is 1.56. The summed E-state index contributed by atoms with van der Waals surface area (Å²) in [5, 5.41) is 2.77. The summed E-state index contributed by atoms with van der Waals surface area (Å²) in [7, 11) is 0. The van der Waals surface area contributed by atoms with Gasteiger partial charge in [0.05, 0.1) is 0 Å². The van der Waals surface area contributed by atoms with Gasteiger partial charge in [-0.15, -0.1) is 11.3 Å². The van der Waals surface area contributed by atoms with Crippen LogP contribution in [-0.4, -0.2) is 33.4 Å². The number of amides is 1. The number of fused-ring (bicyclic) bond motifs is 1. The first-order valence-corrected chi connectivity index (χ1v) is 9.38. The Morgan fingerprint density at radius 3 is 2.96 bits per heavy atom. The second kappa shape index (κ2) is 6.40. The number of hydrogen-bond donors (Lipinski definition) is 0. The highest BCUT2D eigenvalue weighted by atomic mass is 32.1. The van der Waals surface area contributed by atoms with Crippen LogP contribution in [0.1, 0.15) is 49.0 Å². The molecule has 1 aliphatic carbocycles. The van der Waals surface area contributed by atoms with E-state index in [0.29, 0.717) is 17.7 Å². The zero-order valence-corrected chi connectivity index (χ0v) is 14.0. The number of nitrogens with zero attached hydrogens (tertiary/aromatic N) is 3. The molecule has 4 nitrogen and oxygen atoms in total. The van der Waals surface area contributed by atoms with Crippen molar-refractivity contribution in [3.05, 3.63) is 35.6 Å². The van der Waals surface area contributed by atoms with Crippen molar-refractivity contribution in [2.45, 2.75) is 44.6 Å². The molecule has 4 rings (SSSR count). The minimum atomic E-state index is 0.119. The molecule has 0 bridgehead atoms. The highest BCUT2D eigenvalue weighted by molar-refractivity contribution is 7.13. The Hall–Kier alpha value is -1.75. The van der Waals surface area contributed by atoms with Gasteiger partial charge in [0.25, 0.3) is 5.91 Å². The van der Waals surface area contributed by atoms with Crippen molar-refractivity contribution < 1.29 is 4.79 Å². The van der Waals surface area contributed by atoms with Gasteiger partial charge in [-0.1, -0.05) is 12.8 Å². The van der Waals surface area contributed by atoms with E-state index in [1.165, 1.54) is 37.0 Å². The van der Waals surface area contributed by atoms with Gasteiger partial charge in [-0.3, -0.25) is 9.78 Å². The molecule has 3 heterocycles. The molecular formula is C18H21N3OS. The fourth-order valence-electron chi connectivity index (χ4n) is 4.02.